The fraction of sp³-hybridized carbons (Fsp3) is 0.250. The molecule has 0 atom stereocenters. The van der Waals surface area contributed by atoms with Crippen LogP contribution in [0.2, 0.25) is 0 Å². The molecule has 3 aromatic rings. The largest absolute Gasteiger partial charge is 0.355 e. The van der Waals surface area contributed by atoms with Crippen LogP contribution in [0.1, 0.15) is 28.8 Å². The van der Waals surface area contributed by atoms with Crippen molar-refractivity contribution in [1.82, 2.24) is 20.8 Å². The van der Waals surface area contributed by atoms with Gasteiger partial charge in [0.15, 0.2) is 11.8 Å². The summed E-state index contributed by atoms with van der Waals surface area (Å²) in [5.74, 6) is 2.07. The molecule has 7 heteroatoms. The van der Waals surface area contributed by atoms with E-state index in [-0.39, 0.29) is 29.9 Å². The molecule has 0 aliphatic heterocycles. The van der Waals surface area contributed by atoms with Crippen LogP contribution in [0.4, 0.5) is 0 Å². The number of rotatable bonds is 6. The summed E-state index contributed by atoms with van der Waals surface area (Å²) in [5.41, 5.74) is 2.52. The lowest BCUT2D eigenvalue weighted by Gasteiger charge is -2.20. The Balaban J connectivity index is 0.00000261. The number of guanidine groups is 1. The summed E-state index contributed by atoms with van der Waals surface area (Å²) >= 11 is 0. The van der Waals surface area contributed by atoms with Crippen molar-refractivity contribution >= 4 is 29.9 Å². The van der Waals surface area contributed by atoms with E-state index in [0.717, 1.165) is 6.54 Å². The molecule has 2 N–H and O–H groups in total. The van der Waals surface area contributed by atoms with Crippen LogP contribution >= 0.6 is 24.0 Å². The molecule has 0 spiro atoms. The maximum absolute atomic E-state index is 5.12. The number of aliphatic imine (C=N–C) groups is 1. The second kappa shape index (κ2) is 10.7. The quantitative estimate of drug-likeness (QED) is 0.323. The van der Waals surface area contributed by atoms with E-state index in [2.05, 4.69) is 74.3 Å². The lowest BCUT2D eigenvalue weighted by Crippen LogP contribution is -2.39. The average Bonchev–Trinajstić information content (AvgIpc) is 3.11. The highest BCUT2D eigenvalue weighted by Gasteiger charge is 2.14. The Bertz CT molecular complexity index is 796. The Labute approximate surface area is 176 Å². The predicted molar refractivity (Wildman–Crippen MR) is 117 cm³/mol. The van der Waals surface area contributed by atoms with E-state index in [1.54, 1.807) is 14.0 Å². The van der Waals surface area contributed by atoms with E-state index in [1.807, 2.05) is 12.1 Å². The molecule has 0 saturated heterocycles. The Hall–Kier alpha value is -2.42. The van der Waals surface area contributed by atoms with Crippen molar-refractivity contribution in [1.29, 1.82) is 0 Å². The SMILES string of the molecule is CN=C(NCc1nc(C)no1)NCC(c1ccccc1)c1ccccc1.I. The third kappa shape index (κ3) is 6.06. The van der Waals surface area contributed by atoms with Crippen LogP contribution in [0.5, 0.6) is 0 Å². The molecule has 6 nitrogen and oxygen atoms in total. The minimum Gasteiger partial charge on any atom is -0.355 e. The van der Waals surface area contributed by atoms with Crippen LogP contribution in [0.3, 0.4) is 0 Å². The molecule has 0 radical (unpaired) electrons. The van der Waals surface area contributed by atoms with E-state index < -0.39 is 0 Å². The van der Waals surface area contributed by atoms with Gasteiger partial charge in [0.25, 0.3) is 0 Å². The van der Waals surface area contributed by atoms with Gasteiger partial charge < -0.3 is 15.2 Å². The van der Waals surface area contributed by atoms with Crippen LogP contribution in [0, 0.1) is 6.92 Å². The molecule has 2 aromatic carbocycles. The number of halogens is 1. The van der Waals surface area contributed by atoms with E-state index in [1.165, 1.54) is 11.1 Å². The van der Waals surface area contributed by atoms with Crippen LogP contribution in [-0.2, 0) is 6.54 Å². The van der Waals surface area contributed by atoms with Crippen LogP contribution in [0.15, 0.2) is 70.2 Å². The Morgan fingerprint density at radius 2 is 1.59 bits per heavy atom. The molecule has 3 rings (SSSR count). The third-order valence-electron chi connectivity index (χ3n) is 4.08. The first-order valence-electron chi connectivity index (χ1n) is 8.60. The summed E-state index contributed by atoms with van der Waals surface area (Å²) in [5, 5.41) is 10.4. The zero-order valence-electron chi connectivity index (χ0n) is 15.4. The number of nitrogens with one attached hydrogen (secondary N) is 2. The highest BCUT2D eigenvalue weighted by Crippen LogP contribution is 2.23. The van der Waals surface area contributed by atoms with Gasteiger partial charge in [-0.05, 0) is 18.1 Å². The second-order valence-corrected chi connectivity index (χ2v) is 5.92. The summed E-state index contributed by atoms with van der Waals surface area (Å²) in [6.45, 7) is 2.95. The summed E-state index contributed by atoms with van der Waals surface area (Å²) in [4.78, 5) is 8.46. The topological polar surface area (TPSA) is 75.3 Å². The minimum absolute atomic E-state index is 0. The Kier molecular flexibility index (Phi) is 8.25. The fourth-order valence-electron chi connectivity index (χ4n) is 2.79. The summed E-state index contributed by atoms with van der Waals surface area (Å²) in [6.07, 6.45) is 0. The zero-order valence-corrected chi connectivity index (χ0v) is 17.8. The second-order valence-electron chi connectivity index (χ2n) is 5.92. The lowest BCUT2D eigenvalue weighted by molar-refractivity contribution is 0.371. The normalized spacial score (nSPS) is 11.1. The zero-order chi connectivity index (χ0) is 18.2. The van der Waals surface area contributed by atoms with Crippen molar-refractivity contribution in [2.45, 2.75) is 19.4 Å². The van der Waals surface area contributed by atoms with Gasteiger partial charge in [-0.1, -0.05) is 65.8 Å². The van der Waals surface area contributed by atoms with Crippen molar-refractivity contribution in [3.63, 3.8) is 0 Å². The number of hydrogen-bond acceptors (Lipinski definition) is 4. The van der Waals surface area contributed by atoms with Gasteiger partial charge in [0.05, 0.1) is 6.54 Å². The highest BCUT2D eigenvalue weighted by atomic mass is 127. The molecule has 0 saturated carbocycles. The first kappa shape index (κ1) is 20.9. The molecule has 0 unspecified atom stereocenters. The minimum atomic E-state index is 0. The fourth-order valence-corrected chi connectivity index (χ4v) is 2.79. The summed E-state index contributed by atoms with van der Waals surface area (Å²) < 4.78 is 5.12. The van der Waals surface area contributed by atoms with Gasteiger partial charge in [-0.25, -0.2) is 0 Å². The van der Waals surface area contributed by atoms with Gasteiger partial charge in [0.1, 0.15) is 0 Å². The molecule has 0 amide bonds. The van der Waals surface area contributed by atoms with E-state index in [4.69, 9.17) is 4.52 Å². The van der Waals surface area contributed by atoms with Crippen molar-refractivity contribution in [3.8, 4) is 0 Å². The summed E-state index contributed by atoms with van der Waals surface area (Å²) in [7, 11) is 1.74. The van der Waals surface area contributed by atoms with Crippen molar-refractivity contribution in [3.05, 3.63) is 83.5 Å². The lowest BCUT2D eigenvalue weighted by atomic mass is 9.91. The number of aromatic nitrogens is 2. The van der Waals surface area contributed by atoms with Crippen LogP contribution in [0.25, 0.3) is 0 Å². The Morgan fingerprint density at radius 3 is 2.07 bits per heavy atom. The summed E-state index contributed by atoms with van der Waals surface area (Å²) in [6, 6.07) is 20.9. The molecule has 0 bridgehead atoms. The highest BCUT2D eigenvalue weighted by molar-refractivity contribution is 14.0. The van der Waals surface area contributed by atoms with Crippen molar-refractivity contribution in [2.24, 2.45) is 4.99 Å². The van der Waals surface area contributed by atoms with Crippen molar-refractivity contribution < 1.29 is 4.52 Å². The molecule has 1 heterocycles. The number of benzene rings is 2. The molecule has 0 fully saturated rings. The average molecular weight is 477 g/mol. The van der Waals surface area contributed by atoms with Gasteiger partial charge in [0, 0.05) is 19.5 Å². The monoisotopic (exact) mass is 477 g/mol. The van der Waals surface area contributed by atoms with Gasteiger partial charge in [0.2, 0.25) is 5.89 Å². The number of aryl methyl sites for hydroxylation is 1. The smallest absolute Gasteiger partial charge is 0.246 e. The molecular weight excluding hydrogens is 453 g/mol. The first-order valence-corrected chi connectivity index (χ1v) is 8.60. The molecule has 0 aliphatic rings. The molecule has 27 heavy (non-hydrogen) atoms. The van der Waals surface area contributed by atoms with Crippen molar-refractivity contribution in [2.75, 3.05) is 13.6 Å². The van der Waals surface area contributed by atoms with E-state index in [9.17, 15) is 0 Å². The van der Waals surface area contributed by atoms with Crippen LogP contribution < -0.4 is 10.6 Å². The molecule has 0 aliphatic carbocycles. The van der Waals surface area contributed by atoms with Gasteiger partial charge in [-0.15, -0.1) is 24.0 Å². The van der Waals surface area contributed by atoms with Gasteiger partial charge in [-0.2, -0.15) is 4.98 Å². The van der Waals surface area contributed by atoms with Gasteiger partial charge >= 0.3 is 0 Å². The molecule has 142 valence electrons. The maximum atomic E-state index is 5.12. The molecular formula is C20H24IN5O. The first-order chi connectivity index (χ1) is 12.8. The molecule has 1 aromatic heterocycles. The standard InChI is InChI=1S/C20H23N5O.HI/c1-15-24-19(26-25-15)14-23-20(21-2)22-13-18(16-9-5-3-6-10-16)17-11-7-4-8-12-17;/h3-12,18H,13-14H2,1-2H3,(H2,21,22,23);1H. The van der Waals surface area contributed by atoms with Crippen LogP contribution in [-0.4, -0.2) is 29.7 Å². The van der Waals surface area contributed by atoms with E-state index >= 15 is 0 Å². The third-order valence-corrected chi connectivity index (χ3v) is 4.08. The van der Waals surface area contributed by atoms with E-state index in [0.29, 0.717) is 24.2 Å². The maximum Gasteiger partial charge on any atom is 0.246 e. The number of hydrogen-bond donors (Lipinski definition) is 2. The number of nitrogens with zero attached hydrogens (tertiary/aromatic N) is 3. The Morgan fingerprint density at radius 1 is 1.00 bits per heavy atom. The predicted octanol–water partition coefficient (Wildman–Crippen LogP) is 3.49. The van der Waals surface area contributed by atoms with Gasteiger partial charge in [-0.3, -0.25) is 4.99 Å².